The van der Waals surface area contributed by atoms with E-state index in [9.17, 15) is 0 Å². The average Bonchev–Trinajstić information content (AvgIpc) is 2.86. The van der Waals surface area contributed by atoms with Crippen molar-refractivity contribution in [1.29, 1.82) is 0 Å². The molecule has 190 valence electrons. The van der Waals surface area contributed by atoms with Crippen LogP contribution in [0.4, 0.5) is 0 Å². The molecule has 0 fully saturated rings. The summed E-state index contributed by atoms with van der Waals surface area (Å²) < 4.78 is 34.0. The van der Waals surface area contributed by atoms with Gasteiger partial charge in [-0.2, -0.15) is 0 Å². The molecule has 0 aliphatic heterocycles. The van der Waals surface area contributed by atoms with Crippen LogP contribution in [0.1, 0.15) is 13.8 Å². The van der Waals surface area contributed by atoms with Crippen LogP contribution in [-0.2, 0) is 19.5 Å². The van der Waals surface area contributed by atoms with Crippen LogP contribution in [0.5, 0.6) is 0 Å². The third-order valence-corrected chi connectivity index (χ3v) is 11.8. The van der Waals surface area contributed by atoms with Gasteiger partial charge in [-0.15, -0.1) is 10.2 Å². The molecule has 8 heteroatoms. The number of hydrogen-bond donors (Lipinski definition) is 0. The zero-order chi connectivity index (χ0) is 25.3. The van der Waals surface area contributed by atoms with E-state index < -0.39 is 26.1 Å². The normalized spacial score (nSPS) is 12.8. The second-order valence-electron chi connectivity index (χ2n) is 7.94. The third kappa shape index (κ3) is 9.42. The third-order valence-electron chi connectivity index (χ3n) is 5.65. The fraction of sp³-hybridized carbons (Fsp3) is 0.143. The van der Waals surface area contributed by atoms with Gasteiger partial charge >= 0.3 is 19.5 Å². The van der Waals surface area contributed by atoms with Crippen molar-refractivity contribution in [3.05, 3.63) is 121 Å². The largest absolute Gasteiger partial charge is 1.00 e. The molecule has 0 spiro atoms. The maximum absolute atomic E-state index is 8.49. The SMILES string of the molecule is C[C@@H]([C@H](C)P(c1ccccc1)c1ccccc1)P(c1ccccc1)c1ccccc1.[O-][Cl+3]([O-])([O-])[O-].[Rh+]. The van der Waals surface area contributed by atoms with Gasteiger partial charge < -0.3 is 0 Å². The molecule has 0 unspecified atom stereocenters. The monoisotopic (exact) mass is 628 g/mol. The molecule has 2 atom stereocenters. The molecular weight excluding hydrogens is 601 g/mol. The first kappa shape index (κ1) is 30.7. The van der Waals surface area contributed by atoms with Crippen molar-refractivity contribution in [2.24, 2.45) is 0 Å². The zero-order valence-corrected chi connectivity index (χ0v) is 24.1. The Kier molecular flexibility index (Phi) is 12.8. The van der Waals surface area contributed by atoms with Crippen molar-refractivity contribution in [2.75, 3.05) is 0 Å². The molecule has 0 saturated heterocycles. The Balaban J connectivity index is 0.000000694. The molecule has 4 aromatic rings. The van der Waals surface area contributed by atoms with E-state index in [-0.39, 0.29) is 19.5 Å². The molecule has 0 aromatic heterocycles. The van der Waals surface area contributed by atoms with Gasteiger partial charge in [0.25, 0.3) is 0 Å². The Bertz CT molecular complexity index is 962. The second kappa shape index (κ2) is 15.0. The van der Waals surface area contributed by atoms with Crippen LogP contribution in [0.2, 0.25) is 0 Å². The Morgan fingerprint density at radius 1 is 0.444 bits per heavy atom. The topological polar surface area (TPSA) is 92.2 Å². The Labute approximate surface area is 231 Å². The van der Waals surface area contributed by atoms with E-state index in [1.165, 1.54) is 21.2 Å². The quantitative estimate of drug-likeness (QED) is 0.228. The van der Waals surface area contributed by atoms with Gasteiger partial charge in [0.1, 0.15) is 0 Å². The van der Waals surface area contributed by atoms with Gasteiger partial charge in [-0.05, 0) is 48.4 Å². The van der Waals surface area contributed by atoms with Crippen molar-refractivity contribution in [1.82, 2.24) is 0 Å². The summed E-state index contributed by atoms with van der Waals surface area (Å²) in [4.78, 5) is 0. The molecule has 0 bridgehead atoms. The number of hydrogen-bond acceptors (Lipinski definition) is 4. The molecule has 0 aliphatic rings. The number of halogens is 1. The van der Waals surface area contributed by atoms with Gasteiger partial charge in [0.2, 0.25) is 0 Å². The van der Waals surface area contributed by atoms with Crippen molar-refractivity contribution >= 4 is 37.1 Å². The molecule has 4 aromatic carbocycles. The molecule has 0 saturated carbocycles. The molecule has 4 nitrogen and oxygen atoms in total. The summed E-state index contributed by atoms with van der Waals surface area (Å²) in [6.07, 6.45) is 0. The molecule has 36 heavy (non-hydrogen) atoms. The van der Waals surface area contributed by atoms with Crippen molar-refractivity contribution in [3.8, 4) is 0 Å². The maximum Gasteiger partial charge on any atom is 1.00 e. The van der Waals surface area contributed by atoms with Gasteiger partial charge in [0.15, 0.2) is 0 Å². The fourth-order valence-electron chi connectivity index (χ4n) is 4.02. The van der Waals surface area contributed by atoms with Crippen molar-refractivity contribution in [2.45, 2.75) is 25.2 Å². The van der Waals surface area contributed by atoms with Crippen LogP contribution in [0.25, 0.3) is 0 Å². The van der Waals surface area contributed by atoms with Crippen LogP contribution in [0, 0.1) is 10.2 Å². The standard InChI is InChI=1S/C28H28P2.ClHO4.Rh/c1-23(29(25-15-7-3-8-16-25)26-17-9-4-10-18-26)24(2)30(27-19-11-5-12-20-27)28-21-13-6-14-22-28;2-1(3,4)5;/h3-24H,1-2H3;(H,2,3,4,5);/q;;+1/p-1/t23-,24-;;/m0../s1. The Morgan fingerprint density at radius 2 is 0.611 bits per heavy atom. The maximum atomic E-state index is 8.49. The smallest absolute Gasteiger partial charge is 0.222 e. The fourth-order valence-corrected chi connectivity index (χ4v) is 10.1. The molecule has 0 aliphatic carbocycles. The van der Waals surface area contributed by atoms with E-state index in [4.69, 9.17) is 18.6 Å². The molecule has 4 rings (SSSR count). The first-order valence-corrected chi connectivity index (χ1v) is 15.2. The van der Waals surface area contributed by atoms with Gasteiger partial charge in [-0.3, -0.25) is 0 Å². The zero-order valence-electron chi connectivity index (χ0n) is 19.9. The van der Waals surface area contributed by atoms with E-state index in [1.807, 2.05) is 0 Å². The molecule has 0 radical (unpaired) electrons. The minimum Gasteiger partial charge on any atom is -0.222 e. The predicted octanol–water partition coefficient (Wildman–Crippen LogP) is 1.27. The van der Waals surface area contributed by atoms with Crippen LogP contribution in [0.3, 0.4) is 0 Å². The summed E-state index contributed by atoms with van der Waals surface area (Å²) in [5.41, 5.74) is 1.10. The summed E-state index contributed by atoms with van der Waals surface area (Å²) in [5, 5.41) is 5.87. The van der Waals surface area contributed by atoms with E-state index in [0.29, 0.717) is 11.3 Å². The minimum absolute atomic E-state index is 0. The summed E-state index contributed by atoms with van der Waals surface area (Å²) >= 11 is 0. The summed E-state index contributed by atoms with van der Waals surface area (Å²) in [7, 11) is -5.84. The second-order valence-corrected chi connectivity index (χ2v) is 13.9. The number of rotatable bonds is 7. The van der Waals surface area contributed by atoms with Crippen LogP contribution in [0.15, 0.2) is 121 Å². The molecule has 0 heterocycles. The van der Waals surface area contributed by atoms with E-state index in [0.717, 1.165) is 0 Å². The van der Waals surface area contributed by atoms with Gasteiger partial charge in [0, 0.05) is 0 Å². The van der Waals surface area contributed by atoms with Crippen LogP contribution in [-0.4, -0.2) is 11.3 Å². The number of benzene rings is 4. The first-order chi connectivity index (χ1) is 16.8. The average molecular weight is 629 g/mol. The van der Waals surface area contributed by atoms with E-state index in [1.54, 1.807) is 0 Å². The Morgan fingerprint density at radius 3 is 0.778 bits per heavy atom. The van der Waals surface area contributed by atoms with Gasteiger partial charge in [-0.25, -0.2) is 18.6 Å². The van der Waals surface area contributed by atoms with Crippen LogP contribution >= 0.6 is 15.8 Å². The summed E-state index contributed by atoms with van der Waals surface area (Å²) in [6.45, 7) is 4.94. The summed E-state index contributed by atoms with van der Waals surface area (Å²) in [6, 6.07) is 44.5. The van der Waals surface area contributed by atoms with Crippen molar-refractivity contribution in [3.63, 3.8) is 0 Å². The first-order valence-electron chi connectivity index (χ1n) is 11.2. The van der Waals surface area contributed by atoms with Crippen molar-refractivity contribution < 1.29 is 48.4 Å². The molecule has 0 amide bonds. The van der Waals surface area contributed by atoms with E-state index in [2.05, 4.69) is 135 Å². The van der Waals surface area contributed by atoms with Gasteiger partial charge in [-0.1, -0.05) is 135 Å². The minimum atomic E-state index is -4.94. The molecule has 0 N–H and O–H groups in total. The molecular formula is C28H28ClO4P2Rh. The van der Waals surface area contributed by atoms with E-state index >= 15 is 0 Å². The Hall–Kier alpha value is -1.51. The van der Waals surface area contributed by atoms with Gasteiger partial charge in [0.05, 0.1) is 0 Å². The predicted molar refractivity (Wildman–Crippen MR) is 137 cm³/mol. The summed E-state index contributed by atoms with van der Waals surface area (Å²) in [5.74, 6) is 0. The van der Waals surface area contributed by atoms with Crippen LogP contribution < -0.4 is 39.9 Å².